The normalized spacial score (nSPS) is 20.8. The Morgan fingerprint density at radius 1 is 1.62 bits per heavy atom. The van der Waals surface area contributed by atoms with E-state index in [-0.39, 0.29) is 5.91 Å². The highest BCUT2D eigenvalue weighted by Crippen LogP contribution is 2.23. The van der Waals surface area contributed by atoms with Gasteiger partial charge >= 0.3 is 0 Å². The lowest BCUT2D eigenvalue weighted by molar-refractivity contribution is -0.117. The number of hydrogen-bond donors (Lipinski definition) is 0. The van der Waals surface area contributed by atoms with Gasteiger partial charge in [0.05, 0.1) is 25.0 Å². The Morgan fingerprint density at radius 3 is 3.06 bits per heavy atom. The van der Waals surface area contributed by atoms with Gasteiger partial charge in [0.2, 0.25) is 5.91 Å². The Bertz CT molecular complexity index is 375. The molecule has 0 N–H and O–H groups in total. The van der Waals surface area contributed by atoms with Gasteiger partial charge in [-0.05, 0) is 5.92 Å². The fourth-order valence-electron chi connectivity index (χ4n) is 1.93. The molecular formula is C11H17N3O2. The second-order valence-electron chi connectivity index (χ2n) is 4.27. The highest BCUT2D eigenvalue weighted by atomic mass is 16.5. The first-order chi connectivity index (χ1) is 7.70. The molecule has 1 atom stereocenters. The molecule has 1 aromatic heterocycles. The Balaban J connectivity index is 2.04. The molecule has 2 rings (SSSR count). The van der Waals surface area contributed by atoms with Crippen molar-refractivity contribution < 1.29 is 9.53 Å². The molecule has 1 aliphatic rings. The third-order valence-corrected chi connectivity index (χ3v) is 2.77. The molecule has 1 fully saturated rings. The molecule has 1 aliphatic heterocycles. The smallest absolute Gasteiger partial charge is 0.227 e. The van der Waals surface area contributed by atoms with Crippen molar-refractivity contribution in [2.75, 3.05) is 25.2 Å². The summed E-state index contributed by atoms with van der Waals surface area (Å²) < 4.78 is 6.78. The molecule has 0 aliphatic carbocycles. The lowest BCUT2D eigenvalue weighted by atomic mass is 10.2. The van der Waals surface area contributed by atoms with Crippen LogP contribution in [-0.2, 0) is 16.1 Å². The van der Waals surface area contributed by atoms with Crippen molar-refractivity contribution in [3.63, 3.8) is 0 Å². The predicted molar refractivity (Wildman–Crippen MR) is 60.2 cm³/mol. The number of nitrogens with zero attached hydrogens (tertiary/aromatic N) is 3. The Hall–Kier alpha value is -1.36. The van der Waals surface area contributed by atoms with Crippen LogP contribution in [0.25, 0.3) is 0 Å². The molecule has 1 aromatic rings. The molecule has 0 saturated carbocycles. The van der Waals surface area contributed by atoms with Gasteiger partial charge in [-0.2, -0.15) is 5.10 Å². The number of carbonyl (C=O) groups is 1. The number of rotatable bonds is 4. The lowest BCUT2D eigenvalue weighted by Gasteiger charge is -2.12. The number of methoxy groups -OCH3 is 1. The van der Waals surface area contributed by atoms with E-state index in [9.17, 15) is 4.79 Å². The summed E-state index contributed by atoms with van der Waals surface area (Å²) in [6.45, 7) is 4.24. The molecule has 0 radical (unpaired) electrons. The van der Waals surface area contributed by atoms with Crippen molar-refractivity contribution in [1.29, 1.82) is 0 Å². The Morgan fingerprint density at radius 2 is 2.44 bits per heavy atom. The van der Waals surface area contributed by atoms with E-state index in [1.165, 1.54) is 0 Å². The monoisotopic (exact) mass is 223 g/mol. The first kappa shape index (κ1) is 11.1. The minimum atomic E-state index is 0.193. The Kier molecular flexibility index (Phi) is 3.24. The maximum atomic E-state index is 11.7. The van der Waals surface area contributed by atoms with Crippen LogP contribution >= 0.6 is 0 Å². The minimum absolute atomic E-state index is 0.193. The van der Waals surface area contributed by atoms with Gasteiger partial charge in [0.25, 0.3) is 0 Å². The SMILES string of the molecule is COCCn1cc(N2CC(C)CC2=O)cn1. The maximum Gasteiger partial charge on any atom is 0.227 e. The molecule has 0 aromatic carbocycles. The average molecular weight is 223 g/mol. The third kappa shape index (κ3) is 2.24. The summed E-state index contributed by atoms with van der Waals surface area (Å²) in [6.07, 6.45) is 4.28. The van der Waals surface area contributed by atoms with Gasteiger partial charge in [-0.15, -0.1) is 0 Å². The van der Waals surface area contributed by atoms with E-state index < -0.39 is 0 Å². The average Bonchev–Trinajstić information content (AvgIpc) is 2.82. The molecule has 16 heavy (non-hydrogen) atoms. The quantitative estimate of drug-likeness (QED) is 0.762. The van der Waals surface area contributed by atoms with Crippen LogP contribution in [0.2, 0.25) is 0 Å². The number of aromatic nitrogens is 2. The number of amides is 1. The summed E-state index contributed by atoms with van der Waals surface area (Å²) in [7, 11) is 1.66. The Labute approximate surface area is 95.0 Å². The second kappa shape index (κ2) is 4.65. The van der Waals surface area contributed by atoms with E-state index in [0.717, 1.165) is 12.2 Å². The van der Waals surface area contributed by atoms with Crippen LogP contribution in [0.5, 0.6) is 0 Å². The van der Waals surface area contributed by atoms with Crippen LogP contribution < -0.4 is 4.90 Å². The summed E-state index contributed by atoms with van der Waals surface area (Å²) in [6, 6.07) is 0. The van der Waals surface area contributed by atoms with Crippen LogP contribution in [0.1, 0.15) is 13.3 Å². The van der Waals surface area contributed by atoms with Crippen molar-refractivity contribution in [2.24, 2.45) is 5.92 Å². The highest BCUT2D eigenvalue weighted by molar-refractivity contribution is 5.95. The molecule has 5 heteroatoms. The predicted octanol–water partition coefficient (Wildman–Crippen LogP) is 0.902. The summed E-state index contributed by atoms with van der Waals surface area (Å²) in [5, 5.41) is 4.20. The van der Waals surface area contributed by atoms with Crippen molar-refractivity contribution in [3.8, 4) is 0 Å². The third-order valence-electron chi connectivity index (χ3n) is 2.77. The van der Waals surface area contributed by atoms with Crippen LogP contribution in [0.4, 0.5) is 5.69 Å². The summed E-state index contributed by atoms with van der Waals surface area (Å²) >= 11 is 0. The summed E-state index contributed by atoms with van der Waals surface area (Å²) in [4.78, 5) is 13.5. The van der Waals surface area contributed by atoms with Crippen molar-refractivity contribution in [3.05, 3.63) is 12.4 Å². The summed E-state index contributed by atoms with van der Waals surface area (Å²) in [5.41, 5.74) is 0.894. The first-order valence-corrected chi connectivity index (χ1v) is 5.52. The van der Waals surface area contributed by atoms with Gasteiger partial charge in [-0.3, -0.25) is 9.48 Å². The van der Waals surface area contributed by atoms with Gasteiger partial charge in [0.15, 0.2) is 0 Å². The first-order valence-electron chi connectivity index (χ1n) is 5.52. The van der Waals surface area contributed by atoms with E-state index in [1.54, 1.807) is 22.9 Å². The largest absolute Gasteiger partial charge is 0.383 e. The van der Waals surface area contributed by atoms with Gasteiger partial charge in [0.1, 0.15) is 0 Å². The fourth-order valence-corrected chi connectivity index (χ4v) is 1.93. The minimum Gasteiger partial charge on any atom is -0.383 e. The maximum absolute atomic E-state index is 11.7. The number of ether oxygens (including phenoxy) is 1. The van der Waals surface area contributed by atoms with E-state index >= 15 is 0 Å². The van der Waals surface area contributed by atoms with Gasteiger partial charge in [-0.1, -0.05) is 6.92 Å². The number of hydrogen-bond acceptors (Lipinski definition) is 3. The molecule has 1 unspecified atom stereocenters. The molecule has 1 saturated heterocycles. The molecule has 1 amide bonds. The van der Waals surface area contributed by atoms with E-state index in [0.29, 0.717) is 25.5 Å². The second-order valence-corrected chi connectivity index (χ2v) is 4.27. The van der Waals surface area contributed by atoms with Crippen molar-refractivity contribution >= 4 is 11.6 Å². The molecule has 0 bridgehead atoms. The van der Waals surface area contributed by atoms with Gasteiger partial charge in [-0.25, -0.2) is 0 Å². The zero-order valence-electron chi connectivity index (χ0n) is 9.72. The molecule has 0 spiro atoms. The molecule has 5 nitrogen and oxygen atoms in total. The lowest BCUT2D eigenvalue weighted by Crippen LogP contribution is -2.23. The van der Waals surface area contributed by atoms with E-state index in [4.69, 9.17) is 4.74 Å². The van der Waals surface area contributed by atoms with Crippen LogP contribution in [-0.4, -0.2) is 35.9 Å². The van der Waals surface area contributed by atoms with E-state index in [1.807, 2.05) is 6.20 Å². The zero-order valence-corrected chi connectivity index (χ0v) is 9.72. The van der Waals surface area contributed by atoms with E-state index in [2.05, 4.69) is 12.0 Å². The molecular weight excluding hydrogens is 206 g/mol. The van der Waals surface area contributed by atoms with Crippen molar-refractivity contribution in [1.82, 2.24) is 9.78 Å². The summed E-state index contributed by atoms with van der Waals surface area (Å²) in [5.74, 6) is 0.633. The van der Waals surface area contributed by atoms with Gasteiger partial charge < -0.3 is 9.64 Å². The molecule has 88 valence electrons. The van der Waals surface area contributed by atoms with Crippen molar-refractivity contribution in [2.45, 2.75) is 19.9 Å². The fraction of sp³-hybridized carbons (Fsp3) is 0.636. The topological polar surface area (TPSA) is 47.4 Å². The number of carbonyl (C=O) groups excluding carboxylic acids is 1. The zero-order chi connectivity index (χ0) is 11.5. The van der Waals surface area contributed by atoms with Gasteiger partial charge in [0, 0.05) is 26.3 Å². The van der Waals surface area contributed by atoms with Crippen LogP contribution in [0, 0.1) is 5.92 Å². The number of anilines is 1. The molecule has 2 heterocycles. The van der Waals surface area contributed by atoms with Crippen LogP contribution in [0.15, 0.2) is 12.4 Å². The standard InChI is InChI=1S/C11H17N3O2/c1-9-5-11(15)14(7-9)10-6-12-13(8-10)3-4-16-2/h6,8-9H,3-5,7H2,1-2H3. The highest BCUT2D eigenvalue weighted by Gasteiger charge is 2.28. The van der Waals surface area contributed by atoms with Crippen LogP contribution in [0.3, 0.4) is 0 Å².